The summed E-state index contributed by atoms with van der Waals surface area (Å²) in [5, 5.41) is 11.0. The van der Waals surface area contributed by atoms with E-state index < -0.39 is 46.9 Å². The summed E-state index contributed by atoms with van der Waals surface area (Å²) in [5.74, 6) is -4.96. The zero-order valence-electron chi connectivity index (χ0n) is 17.7. The number of aliphatic hydroxyl groups excluding tert-OH is 1. The van der Waals surface area contributed by atoms with E-state index in [4.69, 9.17) is 9.47 Å². The fourth-order valence-corrected chi connectivity index (χ4v) is 5.75. The smallest absolute Gasteiger partial charge is 0.328 e. The highest BCUT2D eigenvalue weighted by Gasteiger charge is 2.70. The van der Waals surface area contributed by atoms with Crippen LogP contribution in [0.25, 0.3) is 0 Å². The molecule has 0 amide bonds. The summed E-state index contributed by atoms with van der Waals surface area (Å²) in [6, 6.07) is 17.8. The molecule has 1 heterocycles. The summed E-state index contributed by atoms with van der Waals surface area (Å²) >= 11 is 0. The third-order valence-corrected chi connectivity index (χ3v) is 7.30. The molecular weight excluding hydrogens is 408 g/mol. The first kappa shape index (κ1) is 20.9. The maximum Gasteiger partial charge on any atom is 0.328 e. The van der Waals surface area contributed by atoms with Gasteiger partial charge in [0.1, 0.15) is 6.10 Å². The van der Waals surface area contributed by atoms with Crippen molar-refractivity contribution < 1.29 is 29.0 Å². The molecule has 2 aliphatic carbocycles. The van der Waals surface area contributed by atoms with Crippen molar-refractivity contribution in [3.05, 3.63) is 71.8 Å². The van der Waals surface area contributed by atoms with Gasteiger partial charge in [0.25, 0.3) is 5.79 Å². The minimum atomic E-state index is -1.85. The number of benzene rings is 2. The van der Waals surface area contributed by atoms with Crippen LogP contribution in [-0.2, 0) is 23.9 Å². The molecular formula is C26H26O6. The molecule has 1 N–H and O–H groups in total. The van der Waals surface area contributed by atoms with Crippen LogP contribution in [0.2, 0.25) is 0 Å². The number of Topliss-reactive ketones (excluding diaryl/α,β-unsaturated/α-hetero) is 1. The predicted octanol–water partition coefficient (Wildman–Crippen LogP) is 3.63. The average molecular weight is 434 g/mol. The molecule has 0 radical (unpaired) electrons. The van der Waals surface area contributed by atoms with Crippen LogP contribution in [0.3, 0.4) is 0 Å². The topological polar surface area (TPSA) is 89.9 Å². The number of carbonyl (C=O) groups is 3. The fourth-order valence-electron chi connectivity index (χ4n) is 5.75. The first-order valence-electron chi connectivity index (χ1n) is 11.3. The van der Waals surface area contributed by atoms with Crippen LogP contribution in [0.4, 0.5) is 0 Å². The van der Waals surface area contributed by atoms with E-state index in [0.29, 0.717) is 24.0 Å². The number of esters is 2. The highest BCUT2D eigenvalue weighted by Crippen LogP contribution is 2.58. The first-order valence-corrected chi connectivity index (χ1v) is 11.3. The fraction of sp³-hybridized carbons (Fsp3) is 0.423. The lowest BCUT2D eigenvalue weighted by Crippen LogP contribution is -2.65. The Morgan fingerprint density at radius 3 is 1.84 bits per heavy atom. The van der Waals surface area contributed by atoms with Crippen molar-refractivity contribution in [3.63, 3.8) is 0 Å². The Morgan fingerprint density at radius 2 is 1.28 bits per heavy atom. The van der Waals surface area contributed by atoms with E-state index in [0.717, 1.165) is 19.3 Å². The van der Waals surface area contributed by atoms with Crippen LogP contribution in [0.15, 0.2) is 60.7 Å². The predicted molar refractivity (Wildman–Crippen MR) is 114 cm³/mol. The molecule has 3 fully saturated rings. The molecule has 2 saturated carbocycles. The van der Waals surface area contributed by atoms with Gasteiger partial charge in [-0.05, 0) is 24.0 Å². The van der Waals surface area contributed by atoms with Crippen molar-refractivity contribution in [3.8, 4) is 0 Å². The summed E-state index contributed by atoms with van der Waals surface area (Å²) < 4.78 is 11.9. The first-order chi connectivity index (χ1) is 15.5. The SMILES string of the molecule is O=C1C[C@H](c2ccccc2)C2(C(=O)OC3(CCCCC3)OC2=O)[C@H](c2ccccc2)[C@H]1O. The highest BCUT2D eigenvalue weighted by atomic mass is 16.7. The minimum absolute atomic E-state index is 0.147. The molecule has 3 atom stereocenters. The minimum Gasteiger partial charge on any atom is -0.422 e. The van der Waals surface area contributed by atoms with Crippen molar-refractivity contribution in [1.82, 2.24) is 0 Å². The van der Waals surface area contributed by atoms with Gasteiger partial charge >= 0.3 is 11.9 Å². The van der Waals surface area contributed by atoms with E-state index in [1.807, 2.05) is 6.07 Å². The summed E-state index contributed by atoms with van der Waals surface area (Å²) in [6.07, 6.45) is 1.87. The van der Waals surface area contributed by atoms with Crippen molar-refractivity contribution in [2.24, 2.45) is 5.41 Å². The Hall–Kier alpha value is -2.99. The molecule has 2 aromatic rings. The van der Waals surface area contributed by atoms with E-state index in [2.05, 4.69) is 0 Å². The van der Waals surface area contributed by atoms with E-state index in [-0.39, 0.29) is 6.42 Å². The highest BCUT2D eigenvalue weighted by molar-refractivity contribution is 6.07. The number of ketones is 1. The van der Waals surface area contributed by atoms with Crippen LogP contribution < -0.4 is 0 Å². The van der Waals surface area contributed by atoms with Gasteiger partial charge in [-0.1, -0.05) is 67.1 Å². The number of carbonyl (C=O) groups excluding carboxylic acids is 3. The Bertz CT molecular complexity index is 1000. The molecule has 166 valence electrons. The van der Waals surface area contributed by atoms with Crippen LogP contribution in [-0.4, -0.2) is 34.7 Å². The van der Waals surface area contributed by atoms with Crippen molar-refractivity contribution in [2.45, 2.75) is 62.3 Å². The molecule has 2 aromatic carbocycles. The number of ether oxygens (including phenoxy) is 2. The number of hydrogen-bond donors (Lipinski definition) is 1. The number of aliphatic hydroxyl groups is 1. The lowest BCUT2D eigenvalue weighted by molar-refractivity contribution is -0.277. The molecule has 1 saturated heterocycles. The summed E-state index contributed by atoms with van der Waals surface area (Å²) in [4.78, 5) is 40.8. The molecule has 1 aliphatic heterocycles. The third kappa shape index (κ3) is 3.08. The van der Waals surface area contributed by atoms with Gasteiger partial charge in [-0.15, -0.1) is 0 Å². The van der Waals surface area contributed by atoms with Gasteiger partial charge in [0.2, 0.25) is 0 Å². The van der Waals surface area contributed by atoms with Crippen molar-refractivity contribution in [1.29, 1.82) is 0 Å². The second kappa shape index (κ2) is 7.85. The lowest BCUT2D eigenvalue weighted by atomic mass is 9.54. The van der Waals surface area contributed by atoms with Crippen molar-refractivity contribution >= 4 is 17.7 Å². The lowest BCUT2D eigenvalue weighted by Gasteiger charge is -2.53. The third-order valence-electron chi connectivity index (χ3n) is 7.30. The van der Waals surface area contributed by atoms with Crippen molar-refractivity contribution in [2.75, 3.05) is 0 Å². The molecule has 0 bridgehead atoms. The Labute approximate surface area is 186 Å². The van der Waals surface area contributed by atoms with Gasteiger partial charge in [0, 0.05) is 31.1 Å². The molecule has 6 heteroatoms. The van der Waals surface area contributed by atoms with Crippen LogP contribution in [0.1, 0.15) is 61.5 Å². The molecule has 3 aliphatic rings. The summed E-state index contributed by atoms with van der Waals surface area (Å²) in [7, 11) is 0. The quantitative estimate of drug-likeness (QED) is 0.573. The molecule has 2 spiro atoms. The van der Waals surface area contributed by atoms with E-state index in [1.165, 1.54) is 0 Å². The van der Waals surface area contributed by atoms with E-state index >= 15 is 0 Å². The maximum absolute atomic E-state index is 13.9. The van der Waals surface area contributed by atoms with Gasteiger partial charge in [-0.25, -0.2) is 0 Å². The normalized spacial score (nSPS) is 28.9. The maximum atomic E-state index is 13.9. The van der Waals surface area contributed by atoms with Gasteiger partial charge in [0.05, 0.1) is 0 Å². The average Bonchev–Trinajstić information content (AvgIpc) is 2.81. The van der Waals surface area contributed by atoms with Crippen LogP contribution in [0.5, 0.6) is 0 Å². The van der Waals surface area contributed by atoms with Crippen LogP contribution in [0, 0.1) is 5.41 Å². The van der Waals surface area contributed by atoms with Crippen LogP contribution >= 0.6 is 0 Å². The zero-order valence-corrected chi connectivity index (χ0v) is 17.7. The van der Waals surface area contributed by atoms with Gasteiger partial charge in [-0.3, -0.25) is 14.4 Å². The number of hydrogen-bond acceptors (Lipinski definition) is 6. The van der Waals surface area contributed by atoms with Gasteiger partial charge < -0.3 is 14.6 Å². The molecule has 0 aromatic heterocycles. The molecule has 0 unspecified atom stereocenters. The molecule has 6 nitrogen and oxygen atoms in total. The van der Waals surface area contributed by atoms with E-state index in [9.17, 15) is 19.5 Å². The van der Waals surface area contributed by atoms with Gasteiger partial charge in [-0.2, -0.15) is 0 Å². The van der Waals surface area contributed by atoms with E-state index in [1.54, 1.807) is 54.6 Å². The molecule has 5 rings (SSSR count). The zero-order chi connectivity index (χ0) is 22.3. The monoisotopic (exact) mass is 434 g/mol. The molecule has 32 heavy (non-hydrogen) atoms. The second-order valence-corrected chi connectivity index (χ2v) is 9.09. The Balaban J connectivity index is 1.70. The second-order valence-electron chi connectivity index (χ2n) is 9.09. The van der Waals surface area contributed by atoms with Gasteiger partial charge in [0.15, 0.2) is 11.2 Å². The largest absolute Gasteiger partial charge is 0.422 e. The summed E-state index contributed by atoms with van der Waals surface area (Å²) in [5.41, 5.74) is -0.650. The summed E-state index contributed by atoms with van der Waals surface area (Å²) in [6.45, 7) is 0. The Morgan fingerprint density at radius 1 is 0.750 bits per heavy atom. The Kier molecular flexibility index (Phi) is 5.13. The number of rotatable bonds is 2. The standard InChI is InChI=1S/C26H26O6/c27-20-16-19(17-10-4-1-5-11-17)26(21(22(20)28)18-12-6-2-7-13-18)23(29)31-25(32-24(26)30)14-8-3-9-15-25/h1-2,4-7,10-13,19,21-22,28H,3,8-9,14-16H2/t19-,21-,22+/m1/s1.